The molecule has 1 aliphatic rings. The lowest BCUT2D eigenvalue weighted by atomic mass is 9.96. The van der Waals surface area contributed by atoms with Gasteiger partial charge in [0.1, 0.15) is 17.6 Å². The molecule has 0 aliphatic carbocycles. The minimum absolute atomic E-state index is 0.0660. The molecule has 1 aromatic heterocycles. The lowest BCUT2D eigenvalue weighted by Gasteiger charge is -2.24. The molecule has 0 radical (unpaired) electrons. The molecule has 31 heavy (non-hydrogen) atoms. The van der Waals surface area contributed by atoms with E-state index in [0.717, 1.165) is 21.6 Å². The van der Waals surface area contributed by atoms with Crippen molar-refractivity contribution in [3.05, 3.63) is 86.6 Å². The maximum absolute atomic E-state index is 13.2. The molecule has 1 aliphatic heterocycles. The third kappa shape index (κ3) is 3.53. The van der Waals surface area contributed by atoms with E-state index in [9.17, 15) is 14.7 Å². The second kappa shape index (κ2) is 8.04. The quantitative estimate of drug-likeness (QED) is 0.344. The number of carbonyl (C=O) groups is 2. The first-order chi connectivity index (χ1) is 14.8. The minimum atomic E-state index is -0.715. The number of Topliss-reactive ketones (excluding diaryl/α,β-unsaturated/α-hetero) is 1. The molecule has 1 fully saturated rings. The Morgan fingerprint density at radius 1 is 1.03 bits per heavy atom. The fraction of sp³-hybridized carbons (Fsp3) is 0.200. The molecule has 0 spiro atoms. The summed E-state index contributed by atoms with van der Waals surface area (Å²) in [6.45, 7) is 5.75. The SMILES string of the molecule is COc1c(C)cc(C)cc1/C(O)=C1/C(=O)C(=O)N(c2ccc(C)cc2)C1c1cccs1. The summed E-state index contributed by atoms with van der Waals surface area (Å²) in [5, 5.41) is 13.2. The van der Waals surface area contributed by atoms with Gasteiger partial charge in [-0.3, -0.25) is 14.5 Å². The van der Waals surface area contributed by atoms with Crippen molar-refractivity contribution in [2.75, 3.05) is 12.0 Å². The lowest BCUT2D eigenvalue weighted by molar-refractivity contribution is -0.132. The predicted octanol–water partition coefficient (Wildman–Crippen LogP) is 5.31. The van der Waals surface area contributed by atoms with E-state index in [-0.39, 0.29) is 11.3 Å². The highest BCUT2D eigenvalue weighted by Gasteiger charge is 2.47. The number of hydrogen-bond acceptors (Lipinski definition) is 5. The second-order valence-electron chi connectivity index (χ2n) is 7.68. The van der Waals surface area contributed by atoms with Crippen LogP contribution in [-0.4, -0.2) is 23.9 Å². The maximum Gasteiger partial charge on any atom is 0.300 e. The van der Waals surface area contributed by atoms with E-state index in [4.69, 9.17) is 4.74 Å². The first kappa shape index (κ1) is 20.9. The third-order valence-electron chi connectivity index (χ3n) is 5.45. The third-order valence-corrected chi connectivity index (χ3v) is 6.37. The van der Waals surface area contributed by atoms with Crippen LogP contribution in [0.15, 0.2) is 59.5 Å². The molecule has 5 nitrogen and oxygen atoms in total. The van der Waals surface area contributed by atoms with Gasteiger partial charge >= 0.3 is 0 Å². The van der Waals surface area contributed by atoms with Crippen molar-refractivity contribution in [3.8, 4) is 5.75 Å². The number of ketones is 1. The standard InChI is InChI=1S/C25H23NO4S/c1-14-7-9-17(10-8-14)26-21(19-6-5-11-31-19)20(23(28)25(26)29)22(27)18-13-15(2)12-16(3)24(18)30-4/h5-13,21,27H,1-4H3/b22-20-. The smallest absolute Gasteiger partial charge is 0.300 e. The van der Waals surface area contributed by atoms with Gasteiger partial charge in [-0.1, -0.05) is 29.8 Å². The van der Waals surface area contributed by atoms with Crippen LogP contribution < -0.4 is 9.64 Å². The lowest BCUT2D eigenvalue weighted by Crippen LogP contribution is -2.29. The van der Waals surface area contributed by atoms with Gasteiger partial charge in [0.25, 0.3) is 11.7 Å². The highest BCUT2D eigenvalue weighted by atomic mass is 32.1. The number of methoxy groups -OCH3 is 1. The highest BCUT2D eigenvalue weighted by Crippen LogP contribution is 2.45. The molecule has 1 N–H and O–H groups in total. The summed E-state index contributed by atoms with van der Waals surface area (Å²) in [5.74, 6) is -1.12. The Kier molecular flexibility index (Phi) is 5.41. The second-order valence-corrected chi connectivity index (χ2v) is 8.66. The monoisotopic (exact) mass is 433 g/mol. The summed E-state index contributed by atoms with van der Waals surface area (Å²) in [4.78, 5) is 28.6. The Labute approximate surface area is 185 Å². The van der Waals surface area contributed by atoms with Crippen molar-refractivity contribution in [3.63, 3.8) is 0 Å². The van der Waals surface area contributed by atoms with E-state index < -0.39 is 17.7 Å². The molecule has 1 unspecified atom stereocenters. The topological polar surface area (TPSA) is 66.8 Å². The summed E-state index contributed by atoms with van der Waals surface area (Å²) in [7, 11) is 1.52. The van der Waals surface area contributed by atoms with Gasteiger partial charge in [-0.25, -0.2) is 0 Å². The van der Waals surface area contributed by atoms with Crippen LogP contribution in [0.3, 0.4) is 0 Å². The van der Waals surface area contributed by atoms with E-state index in [0.29, 0.717) is 17.0 Å². The van der Waals surface area contributed by atoms with E-state index in [1.54, 1.807) is 6.07 Å². The van der Waals surface area contributed by atoms with Crippen molar-refractivity contribution < 1.29 is 19.4 Å². The zero-order valence-electron chi connectivity index (χ0n) is 17.8. The Balaban J connectivity index is 1.97. The number of thiophene rings is 1. The fourth-order valence-corrected chi connectivity index (χ4v) is 4.89. The summed E-state index contributed by atoms with van der Waals surface area (Å²) < 4.78 is 5.52. The molecule has 6 heteroatoms. The number of aliphatic hydroxyl groups is 1. The number of amides is 1. The molecular weight excluding hydrogens is 410 g/mol. The van der Waals surface area contributed by atoms with Crippen LogP contribution in [0.2, 0.25) is 0 Å². The first-order valence-corrected chi connectivity index (χ1v) is 10.8. The summed E-state index contributed by atoms with van der Waals surface area (Å²) in [6.07, 6.45) is 0. The van der Waals surface area contributed by atoms with Crippen LogP contribution in [0.5, 0.6) is 5.75 Å². The molecule has 1 atom stereocenters. The zero-order valence-corrected chi connectivity index (χ0v) is 18.6. The number of rotatable bonds is 4. The van der Waals surface area contributed by atoms with Gasteiger partial charge in [0.05, 0.1) is 18.2 Å². The highest BCUT2D eigenvalue weighted by molar-refractivity contribution is 7.10. The Morgan fingerprint density at radius 3 is 2.35 bits per heavy atom. The van der Waals surface area contributed by atoms with E-state index in [2.05, 4.69) is 0 Å². The number of anilines is 1. The summed E-state index contributed by atoms with van der Waals surface area (Å²) in [6, 6.07) is 14.2. The van der Waals surface area contributed by atoms with Crippen LogP contribution in [-0.2, 0) is 9.59 Å². The average Bonchev–Trinajstić information content (AvgIpc) is 3.35. The number of nitrogens with zero attached hydrogens (tertiary/aromatic N) is 1. The molecule has 2 heterocycles. The van der Waals surface area contributed by atoms with Gasteiger partial charge in [0, 0.05) is 10.6 Å². The Hall–Kier alpha value is -3.38. The molecule has 2 aromatic carbocycles. The van der Waals surface area contributed by atoms with Gasteiger partial charge in [0.15, 0.2) is 0 Å². The molecule has 3 aromatic rings. The van der Waals surface area contributed by atoms with Crippen molar-refractivity contribution in [2.24, 2.45) is 0 Å². The van der Waals surface area contributed by atoms with E-state index in [1.807, 2.05) is 68.6 Å². The summed E-state index contributed by atoms with van der Waals surface area (Å²) in [5.41, 5.74) is 3.88. The zero-order chi connectivity index (χ0) is 22.3. The molecular formula is C25H23NO4S. The van der Waals surface area contributed by atoms with Crippen molar-refractivity contribution in [1.29, 1.82) is 0 Å². The van der Waals surface area contributed by atoms with E-state index >= 15 is 0 Å². The molecule has 4 rings (SSSR count). The molecule has 158 valence electrons. The molecule has 1 amide bonds. The number of carbonyl (C=O) groups excluding carboxylic acids is 2. The van der Waals surface area contributed by atoms with Crippen LogP contribution in [0.25, 0.3) is 5.76 Å². The van der Waals surface area contributed by atoms with Crippen LogP contribution in [0, 0.1) is 20.8 Å². The molecule has 0 bridgehead atoms. The number of ether oxygens (including phenoxy) is 1. The Morgan fingerprint density at radius 2 is 1.74 bits per heavy atom. The van der Waals surface area contributed by atoms with Crippen LogP contribution in [0.1, 0.15) is 33.2 Å². The van der Waals surface area contributed by atoms with Crippen molar-refractivity contribution >= 4 is 34.5 Å². The van der Waals surface area contributed by atoms with Crippen molar-refractivity contribution in [1.82, 2.24) is 0 Å². The first-order valence-electron chi connectivity index (χ1n) is 9.90. The van der Waals surface area contributed by atoms with Crippen LogP contribution in [0.4, 0.5) is 5.69 Å². The van der Waals surface area contributed by atoms with Gasteiger partial charge in [0.2, 0.25) is 0 Å². The molecule has 0 saturated carbocycles. The Bertz CT molecular complexity index is 1190. The van der Waals surface area contributed by atoms with Gasteiger partial charge in [-0.15, -0.1) is 11.3 Å². The number of aryl methyl sites for hydroxylation is 3. The largest absolute Gasteiger partial charge is 0.507 e. The summed E-state index contributed by atoms with van der Waals surface area (Å²) >= 11 is 1.44. The van der Waals surface area contributed by atoms with Crippen LogP contribution >= 0.6 is 11.3 Å². The minimum Gasteiger partial charge on any atom is -0.507 e. The predicted molar refractivity (Wildman–Crippen MR) is 123 cm³/mol. The molecule has 1 saturated heterocycles. The normalized spacial score (nSPS) is 17.9. The number of benzene rings is 2. The van der Waals surface area contributed by atoms with Gasteiger partial charge in [-0.2, -0.15) is 0 Å². The fourth-order valence-electron chi connectivity index (χ4n) is 4.07. The van der Waals surface area contributed by atoms with Crippen molar-refractivity contribution in [2.45, 2.75) is 26.8 Å². The number of hydrogen-bond donors (Lipinski definition) is 1. The van der Waals surface area contributed by atoms with Gasteiger partial charge in [-0.05, 0) is 61.5 Å². The number of aliphatic hydroxyl groups excluding tert-OH is 1. The van der Waals surface area contributed by atoms with Gasteiger partial charge < -0.3 is 9.84 Å². The van der Waals surface area contributed by atoms with E-state index in [1.165, 1.54) is 23.3 Å². The average molecular weight is 434 g/mol. The maximum atomic E-state index is 13.2.